The lowest BCUT2D eigenvalue weighted by molar-refractivity contribution is -0.116. The van der Waals surface area contributed by atoms with Crippen molar-refractivity contribution in [3.05, 3.63) is 65.7 Å². The maximum absolute atomic E-state index is 12.2. The molecule has 2 nitrogen and oxygen atoms in total. The molecule has 1 aliphatic carbocycles. The first-order chi connectivity index (χ1) is 9.79. The van der Waals surface area contributed by atoms with Gasteiger partial charge in [-0.1, -0.05) is 42.5 Å². The Balaban J connectivity index is 1.91. The number of hydrogen-bond donors (Lipinski definition) is 0. The summed E-state index contributed by atoms with van der Waals surface area (Å²) in [6, 6.07) is 18.3. The van der Waals surface area contributed by atoms with Crippen molar-refractivity contribution in [2.75, 3.05) is 10.8 Å². The molecule has 0 N–H and O–H groups in total. The Bertz CT molecular complexity index is 586. The normalized spacial score (nSPS) is 14.1. The number of fused-ring (bicyclic) bond motifs is 1. The van der Waals surface area contributed by atoms with Crippen LogP contribution in [0.2, 0.25) is 0 Å². The number of benzene rings is 2. The number of alkyl halides is 1. The van der Waals surface area contributed by atoms with Crippen LogP contribution in [-0.2, 0) is 17.6 Å². The van der Waals surface area contributed by atoms with E-state index in [1.807, 2.05) is 35.2 Å². The van der Waals surface area contributed by atoms with E-state index < -0.39 is 0 Å². The summed E-state index contributed by atoms with van der Waals surface area (Å²) >= 11 is 5.80. The molecule has 0 saturated heterocycles. The summed E-state index contributed by atoms with van der Waals surface area (Å²) in [5, 5.41) is 0. The van der Waals surface area contributed by atoms with E-state index in [2.05, 4.69) is 24.3 Å². The summed E-state index contributed by atoms with van der Waals surface area (Å²) in [6.45, 7) is 0. The zero-order chi connectivity index (χ0) is 13.9. The van der Waals surface area contributed by atoms with Crippen LogP contribution in [0.3, 0.4) is 0 Å². The molecule has 0 spiro atoms. The minimum Gasteiger partial charge on any atom is -0.308 e. The Morgan fingerprint density at radius 2 is 1.55 bits per heavy atom. The van der Waals surface area contributed by atoms with Crippen LogP contribution < -0.4 is 4.90 Å². The Kier molecular flexibility index (Phi) is 3.75. The summed E-state index contributed by atoms with van der Waals surface area (Å²) in [6.07, 6.45) is 1.79. The van der Waals surface area contributed by atoms with Gasteiger partial charge in [0.15, 0.2) is 0 Å². The summed E-state index contributed by atoms with van der Waals surface area (Å²) in [5.41, 5.74) is 3.59. The van der Waals surface area contributed by atoms with Gasteiger partial charge >= 0.3 is 0 Å². The molecule has 0 heterocycles. The highest BCUT2D eigenvalue weighted by atomic mass is 35.5. The molecule has 102 valence electrons. The smallest absolute Gasteiger partial charge is 0.242 e. The second-order valence-electron chi connectivity index (χ2n) is 5.06. The highest BCUT2D eigenvalue weighted by Gasteiger charge is 2.30. The van der Waals surface area contributed by atoms with E-state index in [1.54, 1.807) is 0 Å². The Morgan fingerprint density at radius 3 is 2.10 bits per heavy atom. The third-order valence-electron chi connectivity index (χ3n) is 3.81. The van der Waals surface area contributed by atoms with Crippen molar-refractivity contribution in [1.82, 2.24) is 0 Å². The number of rotatable bonds is 3. The summed E-state index contributed by atoms with van der Waals surface area (Å²) < 4.78 is 0. The molecule has 20 heavy (non-hydrogen) atoms. The first kappa shape index (κ1) is 13.2. The van der Waals surface area contributed by atoms with Crippen molar-refractivity contribution in [2.24, 2.45) is 0 Å². The Hall–Kier alpha value is -1.80. The van der Waals surface area contributed by atoms with E-state index in [0.717, 1.165) is 18.5 Å². The van der Waals surface area contributed by atoms with Crippen LogP contribution in [0.5, 0.6) is 0 Å². The molecule has 3 rings (SSSR count). The molecule has 1 amide bonds. The fourth-order valence-electron chi connectivity index (χ4n) is 2.93. The zero-order valence-electron chi connectivity index (χ0n) is 11.1. The van der Waals surface area contributed by atoms with Gasteiger partial charge < -0.3 is 4.90 Å². The maximum Gasteiger partial charge on any atom is 0.242 e. The first-order valence-electron chi connectivity index (χ1n) is 6.79. The van der Waals surface area contributed by atoms with Gasteiger partial charge in [0.2, 0.25) is 5.91 Å². The molecular weight excluding hydrogens is 270 g/mol. The molecule has 0 saturated carbocycles. The average Bonchev–Trinajstić information content (AvgIpc) is 2.91. The summed E-state index contributed by atoms with van der Waals surface area (Å²) in [5.74, 6) is -0.0162. The van der Waals surface area contributed by atoms with E-state index in [9.17, 15) is 4.79 Å². The second-order valence-corrected chi connectivity index (χ2v) is 5.33. The van der Waals surface area contributed by atoms with Crippen LogP contribution in [0.15, 0.2) is 54.6 Å². The standard InChI is InChI=1S/C17H16ClNO/c18-12-17(20)19(15-8-2-1-3-9-15)16-10-13-6-4-5-7-14(13)11-16/h1-9,16H,10-12H2. The second kappa shape index (κ2) is 5.68. The van der Waals surface area contributed by atoms with E-state index in [-0.39, 0.29) is 17.8 Å². The van der Waals surface area contributed by atoms with Crippen LogP contribution in [-0.4, -0.2) is 17.8 Å². The molecule has 0 fully saturated rings. The van der Waals surface area contributed by atoms with Crippen LogP contribution in [0, 0.1) is 0 Å². The van der Waals surface area contributed by atoms with Gasteiger partial charge in [-0.15, -0.1) is 11.6 Å². The van der Waals surface area contributed by atoms with Crippen molar-refractivity contribution < 1.29 is 4.79 Å². The molecule has 2 aromatic rings. The predicted molar refractivity (Wildman–Crippen MR) is 82.3 cm³/mol. The van der Waals surface area contributed by atoms with Gasteiger partial charge in [0.05, 0.1) is 0 Å². The van der Waals surface area contributed by atoms with Crippen molar-refractivity contribution >= 4 is 23.2 Å². The molecule has 0 atom stereocenters. The fourth-order valence-corrected chi connectivity index (χ4v) is 3.06. The van der Waals surface area contributed by atoms with E-state index in [0.29, 0.717) is 0 Å². The predicted octanol–water partition coefficient (Wildman–Crippen LogP) is 3.43. The van der Waals surface area contributed by atoms with Crippen LogP contribution in [0.1, 0.15) is 11.1 Å². The summed E-state index contributed by atoms with van der Waals surface area (Å²) in [4.78, 5) is 14.1. The number of amides is 1. The number of carbonyl (C=O) groups is 1. The molecule has 0 aromatic heterocycles. The Morgan fingerprint density at radius 1 is 1.00 bits per heavy atom. The van der Waals surface area contributed by atoms with Gasteiger partial charge in [-0.25, -0.2) is 0 Å². The van der Waals surface area contributed by atoms with Crippen LogP contribution in [0.4, 0.5) is 5.69 Å². The SMILES string of the molecule is O=C(CCl)N(c1ccccc1)C1Cc2ccccc2C1. The number of anilines is 1. The molecule has 1 aliphatic rings. The van der Waals surface area contributed by atoms with Gasteiger partial charge in [0.1, 0.15) is 5.88 Å². The largest absolute Gasteiger partial charge is 0.308 e. The average molecular weight is 286 g/mol. The lowest BCUT2D eigenvalue weighted by Gasteiger charge is -2.28. The topological polar surface area (TPSA) is 20.3 Å². The highest BCUT2D eigenvalue weighted by Crippen LogP contribution is 2.29. The minimum absolute atomic E-state index is 0.0156. The molecule has 3 heteroatoms. The van der Waals surface area contributed by atoms with Gasteiger partial charge in [-0.05, 0) is 36.1 Å². The molecule has 0 unspecified atom stereocenters. The number of para-hydroxylation sites is 1. The number of halogens is 1. The van der Waals surface area contributed by atoms with Crippen LogP contribution >= 0.6 is 11.6 Å². The van der Waals surface area contributed by atoms with E-state index in [1.165, 1.54) is 11.1 Å². The molecule has 0 radical (unpaired) electrons. The zero-order valence-corrected chi connectivity index (χ0v) is 11.9. The maximum atomic E-state index is 12.2. The monoisotopic (exact) mass is 285 g/mol. The number of nitrogens with zero attached hydrogens (tertiary/aromatic N) is 1. The van der Waals surface area contributed by atoms with E-state index >= 15 is 0 Å². The van der Waals surface area contributed by atoms with Crippen molar-refractivity contribution in [1.29, 1.82) is 0 Å². The quantitative estimate of drug-likeness (QED) is 0.791. The summed E-state index contributed by atoms with van der Waals surface area (Å²) in [7, 11) is 0. The van der Waals surface area contributed by atoms with E-state index in [4.69, 9.17) is 11.6 Å². The number of carbonyl (C=O) groups excluding carboxylic acids is 1. The van der Waals surface area contributed by atoms with Crippen molar-refractivity contribution in [3.63, 3.8) is 0 Å². The molecule has 2 aromatic carbocycles. The lowest BCUT2D eigenvalue weighted by atomic mass is 10.1. The number of hydrogen-bond acceptors (Lipinski definition) is 1. The molecule has 0 aliphatic heterocycles. The third kappa shape index (κ3) is 2.44. The van der Waals surface area contributed by atoms with Gasteiger partial charge in [-0.3, -0.25) is 4.79 Å². The van der Waals surface area contributed by atoms with Crippen LogP contribution in [0.25, 0.3) is 0 Å². The van der Waals surface area contributed by atoms with Crippen molar-refractivity contribution in [3.8, 4) is 0 Å². The fraction of sp³-hybridized carbons (Fsp3) is 0.235. The van der Waals surface area contributed by atoms with Gasteiger partial charge in [0, 0.05) is 11.7 Å². The first-order valence-corrected chi connectivity index (χ1v) is 7.33. The van der Waals surface area contributed by atoms with Gasteiger partial charge in [0.25, 0.3) is 0 Å². The lowest BCUT2D eigenvalue weighted by Crippen LogP contribution is -2.41. The highest BCUT2D eigenvalue weighted by molar-refractivity contribution is 6.29. The minimum atomic E-state index is -0.0318. The molecular formula is C17H16ClNO. The van der Waals surface area contributed by atoms with Gasteiger partial charge in [-0.2, -0.15) is 0 Å². The third-order valence-corrected chi connectivity index (χ3v) is 4.04. The Labute approximate surface area is 124 Å². The van der Waals surface area contributed by atoms with Crippen molar-refractivity contribution in [2.45, 2.75) is 18.9 Å². The molecule has 0 bridgehead atoms.